The fourth-order valence-electron chi connectivity index (χ4n) is 2.47. The summed E-state index contributed by atoms with van der Waals surface area (Å²) in [5.74, 6) is -0.571. The Morgan fingerprint density at radius 2 is 1.86 bits per heavy atom. The molecule has 0 fully saturated rings. The van der Waals surface area contributed by atoms with Gasteiger partial charge in [-0.05, 0) is 48.9 Å². The summed E-state index contributed by atoms with van der Waals surface area (Å²) in [6.45, 7) is 1.63. The maximum absolute atomic E-state index is 12.8. The van der Waals surface area contributed by atoms with Crippen LogP contribution in [0.4, 0.5) is 16.4 Å². The Kier molecular flexibility index (Phi) is 5.87. The van der Waals surface area contributed by atoms with E-state index < -0.39 is 20.9 Å². The maximum Gasteiger partial charge on any atom is 0.324 e. The molecule has 8 nitrogen and oxygen atoms in total. The standard InChI is InChI=1S/C18H14ClN3O5S2/c1-11-5-6-13(20-18(23)15-7-8-17(28-15)22(24)25)10-16(11)29(26,27)21-14-4-2-3-12(19)9-14/h2-10,21H,1H3,(H,20,23). The summed E-state index contributed by atoms with van der Waals surface area (Å²) in [6, 6.07) is 13.3. The Balaban J connectivity index is 1.85. The lowest BCUT2D eigenvalue weighted by molar-refractivity contribution is -0.380. The van der Waals surface area contributed by atoms with Gasteiger partial charge in [0.25, 0.3) is 15.9 Å². The van der Waals surface area contributed by atoms with Gasteiger partial charge in [-0.3, -0.25) is 19.6 Å². The number of aryl methyl sites for hydroxylation is 1. The highest BCUT2D eigenvalue weighted by atomic mass is 35.5. The highest BCUT2D eigenvalue weighted by molar-refractivity contribution is 7.92. The van der Waals surface area contributed by atoms with Gasteiger partial charge < -0.3 is 5.32 Å². The van der Waals surface area contributed by atoms with E-state index in [1.165, 1.54) is 24.3 Å². The molecule has 0 atom stereocenters. The topological polar surface area (TPSA) is 118 Å². The van der Waals surface area contributed by atoms with Gasteiger partial charge in [0.2, 0.25) is 0 Å². The van der Waals surface area contributed by atoms with Gasteiger partial charge in [-0.25, -0.2) is 8.42 Å². The number of nitro groups is 1. The first-order chi connectivity index (χ1) is 13.7. The number of hydrogen-bond donors (Lipinski definition) is 2. The highest BCUT2D eigenvalue weighted by Gasteiger charge is 2.20. The molecule has 1 aromatic heterocycles. The lowest BCUT2D eigenvalue weighted by Crippen LogP contribution is -2.16. The van der Waals surface area contributed by atoms with Gasteiger partial charge in [-0.1, -0.05) is 35.1 Å². The van der Waals surface area contributed by atoms with Crippen LogP contribution in [0.2, 0.25) is 5.02 Å². The number of hydrogen-bond acceptors (Lipinski definition) is 6. The van der Waals surface area contributed by atoms with Crippen LogP contribution in [0.25, 0.3) is 0 Å². The molecule has 0 bridgehead atoms. The molecule has 150 valence electrons. The molecule has 2 aromatic carbocycles. The molecule has 0 spiro atoms. The molecule has 0 aliphatic carbocycles. The lowest BCUT2D eigenvalue weighted by atomic mass is 10.2. The fraction of sp³-hybridized carbons (Fsp3) is 0.0556. The van der Waals surface area contributed by atoms with Crippen LogP contribution in [0.3, 0.4) is 0 Å². The Labute approximate surface area is 175 Å². The van der Waals surface area contributed by atoms with Crippen molar-refractivity contribution in [3.8, 4) is 0 Å². The predicted molar refractivity (Wildman–Crippen MR) is 112 cm³/mol. The number of carbonyl (C=O) groups is 1. The molecule has 0 aliphatic heterocycles. The zero-order chi connectivity index (χ0) is 21.2. The molecule has 11 heteroatoms. The van der Waals surface area contributed by atoms with E-state index in [9.17, 15) is 23.3 Å². The van der Waals surface area contributed by atoms with Gasteiger partial charge >= 0.3 is 5.00 Å². The molecule has 0 saturated carbocycles. The number of sulfonamides is 1. The molecule has 0 radical (unpaired) electrons. The van der Waals surface area contributed by atoms with E-state index in [0.717, 1.165) is 11.3 Å². The van der Waals surface area contributed by atoms with Gasteiger partial charge in [0.05, 0.1) is 20.4 Å². The number of anilines is 2. The van der Waals surface area contributed by atoms with Gasteiger partial charge in [0, 0.05) is 16.8 Å². The molecule has 3 aromatic rings. The highest BCUT2D eigenvalue weighted by Crippen LogP contribution is 2.27. The quantitative estimate of drug-likeness (QED) is 0.417. The number of nitrogens with zero attached hydrogens (tertiary/aromatic N) is 1. The third kappa shape index (κ3) is 4.91. The van der Waals surface area contributed by atoms with E-state index in [2.05, 4.69) is 10.0 Å². The van der Waals surface area contributed by atoms with Crippen molar-refractivity contribution in [2.45, 2.75) is 11.8 Å². The Morgan fingerprint density at radius 3 is 2.52 bits per heavy atom. The van der Waals surface area contributed by atoms with Crippen LogP contribution in [-0.4, -0.2) is 19.2 Å². The molecule has 0 aliphatic rings. The summed E-state index contributed by atoms with van der Waals surface area (Å²) in [6.07, 6.45) is 0. The van der Waals surface area contributed by atoms with Crippen LogP contribution >= 0.6 is 22.9 Å². The first-order valence-corrected chi connectivity index (χ1v) is 10.8. The number of thiophene rings is 1. The number of benzene rings is 2. The predicted octanol–water partition coefficient (Wildman–Crippen LogP) is 4.67. The zero-order valence-corrected chi connectivity index (χ0v) is 17.3. The van der Waals surface area contributed by atoms with Crippen molar-refractivity contribution in [2.75, 3.05) is 10.0 Å². The van der Waals surface area contributed by atoms with E-state index in [1.54, 1.807) is 37.3 Å². The SMILES string of the molecule is Cc1ccc(NC(=O)c2ccc([N+](=O)[O-])s2)cc1S(=O)(=O)Nc1cccc(Cl)c1. The second-order valence-corrected chi connectivity index (χ2v) is 9.09. The molecular formula is C18H14ClN3O5S2. The second kappa shape index (κ2) is 8.19. The number of halogens is 1. The lowest BCUT2D eigenvalue weighted by Gasteiger charge is -2.12. The summed E-state index contributed by atoms with van der Waals surface area (Å²) >= 11 is 6.62. The van der Waals surface area contributed by atoms with Gasteiger partial charge in [-0.15, -0.1) is 0 Å². The van der Waals surface area contributed by atoms with Crippen molar-refractivity contribution in [1.29, 1.82) is 0 Å². The van der Waals surface area contributed by atoms with Crippen LogP contribution in [0, 0.1) is 17.0 Å². The summed E-state index contributed by atoms with van der Waals surface area (Å²) in [5, 5.41) is 13.5. The van der Waals surface area contributed by atoms with Crippen molar-refractivity contribution in [1.82, 2.24) is 0 Å². The van der Waals surface area contributed by atoms with E-state index in [1.807, 2.05) is 0 Å². The number of amides is 1. The summed E-state index contributed by atoms with van der Waals surface area (Å²) in [4.78, 5) is 22.6. The number of carbonyl (C=O) groups excluding carboxylic acids is 1. The monoisotopic (exact) mass is 451 g/mol. The van der Waals surface area contributed by atoms with Gasteiger partial charge in [0.15, 0.2) is 0 Å². The normalized spacial score (nSPS) is 11.1. The molecule has 29 heavy (non-hydrogen) atoms. The molecule has 1 heterocycles. The number of nitrogens with one attached hydrogen (secondary N) is 2. The molecule has 0 unspecified atom stereocenters. The maximum atomic E-state index is 12.8. The van der Waals surface area contributed by atoms with E-state index >= 15 is 0 Å². The van der Waals surface area contributed by atoms with Crippen molar-refractivity contribution in [3.05, 3.63) is 80.2 Å². The van der Waals surface area contributed by atoms with Gasteiger partial charge in [0.1, 0.15) is 0 Å². The average Bonchev–Trinajstić information content (AvgIpc) is 3.13. The van der Waals surface area contributed by atoms with Crippen molar-refractivity contribution in [2.24, 2.45) is 0 Å². The van der Waals surface area contributed by atoms with Crippen LogP contribution in [0.15, 0.2) is 59.5 Å². The Morgan fingerprint density at radius 1 is 1.10 bits per heavy atom. The second-order valence-electron chi connectivity index (χ2n) is 5.95. The van der Waals surface area contributed by atoms with Crippen LogP contribution < -0.4 is 10.0 Å². The molecule has 3 rings (SSSR count). The minimum absolute atomic E-state index is 0.0209. The van der Waals surface area contributed by atoms with Crippen molar-refractivity contribution in [3.63, 3.8) is 0 Å². The van der Waals surface area contributed by atoms with Gasteiger partial charge in [-0.2, -0.15) is 0 Å². The molecule has 1 amide bonds. The van der Waals surface area contributed by atoms with Crippen LogP contribution in [0.1, 0.15) is 15.2 Å². The first-order valence-electron chi connectivity index (χ1n) is 8.10. The minimum atomic E-state index is -3.94. The van der Waals surface area contributed by atoms with Crippen molar-refractivity contribution >= 4 is 55.2 Å². The van der Waals surface area contributed by atoms with E-state index in [4.69, 9.17) is 11.6 Å². The van der Waals surface area contributed by atoms with Crippen LogP contribution in [-0.2, 0) is 10.0 Å². The van der Waals surface area contributed by atoms with E-state index in [0.29, 0.717) is 16.3 Å². The molecule has 2 N–H and O–H groups in total. The molecular weight excluding hydrogens is 438 g/mol. The summed E-state index contributed by atoms with van der Waals surface area (Å²) < 4.78 is 28.0. The average molecular weight is 452 g/mol. The fourth-order valence-corrected chi connectivity index (χ4v) is 4.70. The smallest absolute Gasteiger partial charge is 0.321 e. The number of rotatable bonds is 6. The van der Waals surface area contributed by atoms with E-state index in [-0.39, 0.29) is 20.5 Å². The summed E-state index contributed by atoms with van der Waals surface area (Å²) in [7, 11) is -3.94. The largest absolute Gasteiger partial charge is 0.324 e. The zero-order valence-electron chi connectivity index (χ0n) is 14.9. The van der Waals surface area contributed by atoms with Crippen LogP contribution in [0.5, 0.6) is 0 Å². The third-order valence-corrected chi connectivity index (χ3v) is 6.60. The Hall–Kier alpha value is -2.95. The molecule has 0 saturated heterocycles. The first kappa shape index (κ1) is 20.8. The summed E-state index contributed by atoms with van der Waals surface area (Å²) in [5.41, 5.74) is 1.02. The van der Waals surface area contributed by atoms with Crippen molar-refractivity contribution < 1.29 is 18.1 Å². The Bertz CT molecular complexity index is 1210. The minimum Gasteiger partial charge on any atom is -0.321 e. The third-order valence-electron chi connectivity index (χ3n) is 3.81.